The van der Waals surface area contributed by atoms with Crippen LogP contribution in [0.15, 0.2) is 36.7 Å². The first-order valence-electron chi connectivity index (χ1n) is 8.51. The van der Waals surface area contributed by atoms with Gasteiger partial charge in [0.05, 0.1) is 6.20 Å². The molecular weight excluding hydrogens is 302 g/mol. The van der Waals surface area contributed by atoms with E-state index in [9.17, 15) is 4.79 Å². The Balaban J connectivity index is 1.44. The van der Waals surface area contributed by atoms with E-state index in [1.165, 1.54) is 0 Å². The Morgan fingerprint density at radius 2 is 2.08 bits per heavy atom. The van der Waals surface area contributed by atoms with Crippen LogP contribution in [0.3, 0.4) is 0 Å². The van der Waals surface area contributed by atoms with Crippen molar-refractivity contribution < 1.29 is 4.79 Å². The standard InChI is InChI=1S/C18H25N5O/c1-22-8-10-23(11-9-22)7-3-6-19-18(24)16-5-2-4-15(12-16)17-13-20-21-14-17/h2,4-5,12-14H,3,6-11H2,1H3,(H,19,24)(H,20,21). The van der Waals surface area contributed by atoms with Crippen LogP contribution in [0.2, 0.25) is 0 Å². The molecule has 2 N–H and O–H groups in total. The van der Waals surface area contributed by atoms with Crippen molar-refractivity contribution in [1.82, 2.24) is 25.3 Å². The average molecular weight is 327 g/mol. The van der Waals surface area contributed by atoms with Gasteiger partial charge < -0.3 is 15.1 Å². The predicted molar refractivity (Wildman–Crippen MR) is 94.9 cm³/mol. The predicted octanol–water partition coefficient (Wildman–Crippen LogP) is 1.44. The number of likely N-dealkylation sites (N-methyl/N-ethyl adjacent to an activating group) is 1. The number of rotatable bonds is 6. The molecule has 6 heteroatoms. The summed E-state index contributed by atoms with van der Waals surface area (Å²) < 4.78 is 0. The summed E-state index contributed by atoms with van der Waals surface area (Å²) in [5.41, 5.74) is 2.67. The molecule has 2 aromatic rings. The molecule has 0 bridgehead atoms. The summed E-state index contributed by atoms with van der Waals surface area (Å²) in [4.78, 5) is 17.1. The van der Waals surface area contributed by atoms with E-state index >= 15 is 0 Å². The number of nitrogens with zero attached hydrogens (tertiary/aromatic N) is 3. The Hall–Kier alpha value is -2.18. The first-order chi connectivity index (χ1) is 11.7. The molecule has 1 aliphatic heterocycles. The van der Waals surface area contributed by atoms with E-state index in [1.807, 2.05) is 30.5 Å². The number of piperazine rings is 1. The molecule has 1 aromatic heterocycles. The van der Waals surface area contributed by atoms with Gasteiger partial charge in [0.25, 0.3) is 5.91 Å². The molecule has 1 amide bonds. The lowest BCUT2D eigenvalue weighted by atomic mass is 10.1. The van der Waals surface area contributed by atoms with E-state index in [0.29, 0.717) is 12.1 Å². The lowest BCUT2D eigenvalue weighted by molar-refractivity contribution is 0.0949. The van der Waals surface area contributed by atoms with Gasteiger partial charge in [-0.3, -0.25) is 9.89 Å². The first kappa shape index (κ1) is 16.7. The third-order valence-electron chi connectivity index (χ3n) is 4.49. The molecule has 0 spiro atoms. The second-order valence-corrected chi connectivity index (χ2v) is 6.32. The molecule has 0 saturated carbocycles. The van der Waals surface area contributed by atoms with Gasteiger partial charge in [-0.2, -0.15) is 5.10 Å². The number of benzene rings is 1. The largest absolute Gasteiger partial charge is 0.352 e. The van der Waals surface area contributed by atoms with E-state index in [1.54, 1.807) is 6.20 Å². The fourth-order valence-electron chi connectivity index (χ4n) is 2.93. The highest BCUT2D eigenvalue weighted by molar-refractivity contribution is 5.95. The lowest BCUT2D eigenvalue weighted by Crippen LogP contribution is -2.45. The maximum absolute atomic E-state index is 12.3. The number of carbonyl (C=O) groups excluding carboxylic acids is 1. The minimum atomic E-state index is -0.0151. The lowest BCUT2D eigenvalue weighted by Gasteiger charge is -2.32. The number of carbonyl (C=O) groups is 1. The summed E-state index contributed by atoms with van der Waals surface area (Å²) in [7, 11) is 2.16. The quantitative estimate of drug-likeness (QED) is 0.788. The normalized spacial score (nSPS) is 16.2. The van der Waals surface area contributed by atoms with Crippen molar-refractivity contribution in [2.24, 2.45) is 0 Å². The fraction of sp³-hybridized carbons (Fsp3) is 0.444. The zero-order valence-electron chi connectivity index (χ0n) is 14.2. The SMILES string of the molecule is CN1CCN(CCCNC(=O)c2cccc(-c3cn[nH]c3)c2)CC1. The highest BCUT2D eigenvalue weighted by Crippen LogP contribution is 2.18. The third kappa shape index (κ3) is 4.43. The number of nitrogens with one attached hydrogen (secondary N) is 2. The van der Waals surface area contributed by atoms with Crippen molar-refractivity contribution in [1.29, 1.82) is 0 Å². The van der Waals surface area contributed by atoms with Gasteiger partial charge in [-0.25, -0.2) is 0 Å². The molecule has 1 aromatic carbocycles. The van der Waals surface area contributed by atoms with Gasteiger partial charge in [0.2, 0.25) is 0 Å². The molecule has 0 unspecified atom stereocenters. The number of hydrogen-bond donors (Lipinski definition) is 2. The van der Waals surface area contributed by atoms with Crippen LogP contribution in [0.1, 0.15) is 16.8 Å². The third-order valence-corrected chi connectivity index (χ3v) is 4.49. The number of aromatic nitrogens is 2. The Labute approximate surface area is 142 Å². The topological polar surface area (TPSA) is 64.3 Å². The number of H-pyrrole nitrogens is 1. The Morgan fingerprint density at radius 3 is 2.83 bits per heavy atom. The van der Waals surface area contributed by atoms with E-state index in [4.69, 9.17) is 0 Å². The molecule has 6 nitrogen and oxygen atoms in total. The van der Waals surface area contributed by atoms with Crippen LogP contribution in [0, 0.1) is 0 Å². The highest BCUT2D eigenvalue weighted by Gasteiger charge is 2.13. The van der Waals surface area contributed by atoms with Crippen LogP contribution in [0.25, 0.3) is 11.1 Å². The van der Waals surface area contributed by atoms with E-state index in [-0.39, 0.29) is 5.91 Å². The molecule has 1 saturated heterocycles. The van der Waals surface area contributed by atoms with Gasteiger partial charge in [0.1, 0.15) is 0 Å². The van der Waals surface area contributed by atoms with Crippen LogP contribution >= 0.6 is 0 Å². The monoisotopic (exact) mass is 327 g/mol. The van der Waals surface area contributed by atoms with Crippen molar-refractivity contribution in [3.05, 3.63) is 42.2 Å². The molecule has 24 heavy (non-hydrogen) atoms. The Morgan fingerprint density at radius 1 is 1.25 bits per heavy atom. The first-order valence-corrected chi connectivity index (χ1v) is 8.51. The molecular formula is C18H25N5O. The molecule has 0 aliphatic carbocycles. The van der Waals surface area contributed by atoms with Crippen LogP contribution in [-0.2, 0) is 0 Å². The van der Waals surface area contributed by atoms with E-state index in [0.717, 1.165) is 50.3 Å². The zero-order chi connectivity index (χ0) is 16.8. The van der Waals surface area contributed by atoms with Crippen molar-refractivity contribution >= 4 is 5.91 Å². The van der Waals surface area contributed by atoms with Gasteiger partial charge in [-0.05, 0) is 37.7 Å². The van der Waals surface area contributed by atoms with Crippen molar-refractivity contribution in [2.45, 2.75) is 6.42 Å². The van der Waals surface area contributed by atoms with Crippen LogP contribution < -0.4 is 5.32 Å². The molecule has 1 aliphatic rings. The Kier molecular flexibility index (Phi) is 5.61. The second kappa shape index (κ2) is 8.08. The number of aromatic amines is 1. The summed E-state index contributed by atoms with van der Waals surface area (Å²) in [5, 5.41) is 9.76. The van der Waals surface area contributed by atoms with Gasteiger partial charge in [-0.1, -0.05) is 12.1 Å². The summed E-state index contributed by atoms with van der Waals surface area (Å²) in [6.07, 6.45) is 4.57. The molecule has 0 atom stereocenters. The minimum Gasteiger partial charge on any atom is -0.352 e. The van der Waals surface area contributed by atoms with Crippen LogP contribution in [0.5, 0.6) is 0 Å². The zero-order valence-corrected chi connectivity index (χ0v) is 14.2. The summed E-state index contributed by atoms with van der Waals surface area (Å²) >= 11 is 0. The van der Waals surface area contributed by atoms with Gasteiger partial charge in [0.15, 0.2) is 0 Å². The maximum atomic E-state index is 12.3. The molecule has 3 rings (SSSR count). The number of amides is 1. The van der Waals surface area contributed by atoms with Crippen molar-refractivity contribution in [3.63, 3.8) is 0 Å². The van der Waals surface area contributed by atoms with Crippen LogP contribution in [-0.4, -0.2) is 72.2 Å². The number of hydrogen-bond acceptors (Lipinski definition) is 4. The van der Waals surface area contributed by atoms with Crippen molar-refractivity contribution in [3.8, 4) is 11.1 Å². The average Bonchev–Trinajstić information content (AvgIpc) is 3.15. The van der Waals surface area contributed by atoms with Crippen molar-refractivity contribution in [2.75, 3.05) is 46.3 Å². The van der Waals surface area contributed by atoms with Gasteiger partial charge >= 0.3 is 0 Å². The van der Waals surface area contributed by atoms with E-state index < -0.39 is 0 Å². The maximum Gasteiger partial charge on any atom is 0.251 e. The van der Waals surface area contributed by atoms with Crippen LogP contribution in [0.4, 0.5) is 0 Å². The summed E-state index contributed by atoms with van der Waals surface area (Å²) in [6, 6.07) is 7.64. The fourth-order valence-corrected chi connectivity index (χ4v) is 2.93. The highest BCUT2D eigenvalue weighted by atomic mass is 16.1. The molecule has 2 heterocycles. The van der Waals surface area contributed by atoms with E-state index in [2.05, 4.69) is 32.4 Å². The van der Waals surface area contributed by atoms with Gasteiger partial charge in [0, 0.05) is 50.0 Å². The summed E-state index contributed by atoms with van der Waals surface area (Å²) in [6.45, 7) is 6.26. The molecule has 1 fully saturated rings. The minimum absolute atomic E-state index is 0.0151. The summed E-state index contributed by atoms with van der Waals surface area (Å²) in [5.74, 6) is -0.0151. The second-order valence-electron chi connectivity index (χ2n) is 6.32. The Bertz CT molecular complexity index is 647. The smallest absolute Gasteiger partial charge is 0.251 e. The molecule has 128 valence electrons. The van der Waals surface area contributed by atoms with Gasteiger partial charge in [-0.15, -0.1) is 0 Å². The molecule has 0 radical (unpaired) electrons.